The van der Waals surface area contributed by atoms with Gasteiger partial charge in [0.25, 0.3) is 0 Å². The third-order valence-electron chi connectivity index (χ3n) is 2.31. The first-order valence-electron chi connectivity index (χ1n) is 4.92. The second-order valence-corrected chi connectivity index (χ2v) is 3.26. The van der Waals surface area contributed by atoms with Crippen LogP contribution >= 0.6 is 0 Å². The Labute approximate surface area is 98.4 Å². The molecule has 2 rings (SSSR count). The van der Waals surface area contributed by atoms with Gasteiger partial charge in [-0.15, -0.1) is 10.2 Å². The van der Waals surface area contributed by atoms with Crippen LogP contribution in [0.1, 0.15) is 0 Å². The summed E-state index contributed by atoms with van der Waals surface area (Å²) in [7, 11) is 3.16. The molecule has 0 saturated heterocycles. The van der Waals surface area contributed by atoms with Crippen LogP contribution < -0.4 is 15.2 Å². The van der Waals surface area contributed by atoms with E-state index in [9.17, 15) is 0 Å². The van der Waals surface area contributed by atoms with Gasteiger partial charge in [-0.1, -0.05) is 0 Å². The van der Waals surface area contributed by atoms with Gasteiger partial charge in [0.05, 0.1) is 14.2 Å². The van der Waals surface area contributed by atoms with Gasteiger partial charge in [0.1, 0.15) is 23.5 Å². The normalized spacial score (nSPS) is 10.0. The minimum Gasteiger partial charge on any atom is -0.497 e. The first kappa shape index (κ1) is 11.1. The summed E-state index contributed by atoms with van der Waals surface area (Å²) in [6, 6.07) is 5.36. The number of anilines is 1. The molecule has 17 heavy (non-hydrogen) atoms. The Kier molecular flexibility index (Phi) is 3.04. The first-order valence-corrected chi connectivity index (χ1v) is 4.92. The van der Waals surface area contributed by atoms with Gasteiger partial charge in [-0.3, -0.25) is 0 Å². The summed E-state index contributed by atoms with van der Waals surface area (Å²) in [5, 5.41) is 7.67. The second-order valence-electron chi connectivity index (χ2n) is 3.26. The summed E-state index contributed by atoms with van der Waals surface area (Å²) in [5.74, 6) is 1.61. The number of aromatic nitrogens is 3. The highest BCUT2D eigenvalue weighted by molar-refractivity contribution is 5.75. The van der Waals surface area contributed by atoms with Crippen molar-refractivity contribution in [3.05, 3.63) is 24.5 Å². The molecule has 2 aromatic rings. The van der Waals surface area contributed by atoms with Gasteiger partial charge in [0, 0.05) is 11.6 Å². The van der Waals surface area contributed by atoms with Gasteiger partial charge in [-0.25, -0.2) is 4.98 Å². The monoisotopic (exact) mass is 232 g/mol. The fourth-order valence-corrected chi connectivity index (χ4v) is 1.47. The Hall–Kier alpha value is -2.37. The molecule has 0 aliphatic rings. The van der Waals surface area contributed by atoms with Crippen molar-refractivity contribution in [2.24, 2.45) is 0 Å². The Morgan fingerprint density at radius 1 is 1.18 bits per heavy atom. The van der Waals surface area contributed by atoms with Crippen LogP contribution in [0, 0.1) is 0 Å². The Bertz CT molecular complexity index is 531. The molecular formula is C11H12N4O2. The van der Waals surface area contributed by atoms with E-state index < -0.39 is 0 Å². The van der Waals surface area contributed by atoms with Crippen molar-refractivity contribution in [3.63, 3.8) is 0 Å². The van der Waals surface area contributed by atoms with E-state index in [0.29, 0.717) is 23.0 Å². The van der Waals surface area contributed by atoms with Gasteiger partial charge in [0.2, 0.25) is 0 Å². The molecule has 0 radical (unpaired) electrons. The lowest BCUT2D eigenvalue weighted by Crippen LogP contribution is -2.00. The van der Waals surface area contributed by atoms with Gasteiger partial charge >= 0.3 is 0 Å². The number of hydrogen-bond acceptors (Lipinski definition) is 6. The average Bonchev–Trinajstić information content (AvgIpc) is 2.38. The predicted molar refractivity (Wildman–Crippen MR) is 62.8 cm³/mol. The van der Waals surface area contributed by atoms with Gasteiger partial charge < -0.3 is 15.2 Å². The summed E-state index contributed by atoms with van der Waals surface area (Å²) in [5.41, 5.74) is 6.97. The highest BCUT2D eigenvalue weighted by Gasteiger charge is 2.12. The molecule has 1 aromatic carbocycles. The zero-order chi connectivity index (χ0) is 12.3. The summed E-state index contributed by atoms with van der Waals surface area (Å²) in [4.78, 5) is 3.89. The van der Waals surface area contributed by atoms with Crippen LogP contribution in [0.15, 0.2) is 24.5 Å². The van der Waals surface area contributed by atoms with E-state index in [1.54, 1.807) is 32.4 Å². The van der Waals surface area contributed by atoms with Crippen LogP contribution in [-0.2, 0) is 0 Å². The molecule has 0 saturated carbocycles. The number of nitrogens with two attached hydrogens (primary N) is 1. The van der Waals surface area contributed by atoms with Gasteiger partial charge in [0.15, 0.2) is 5.82 Å². The molecule has 1 aromatic heterocycles. The topological polar surface area (TPSA) is 83.2 Å². The van der Waals surface area contributed by atoms with E-state index in [2.05, 4.69) is 15.2 Å². The van der Waals surface area contributed by atoms with Crippen LogP contribution in [-0.4, -0.2) is 29.4 Å². The minimum absolute atomic E-state index is 0.309. The van der Waals surface area contributed by atoms with Crippen LogP contribution in [0.2, 0.25) is 0 Å². The standard InChI is InChI=1S/C11H12N4O2/c1-16-7-3-4-8(9(5-7)17-2)10-11(12)13-6-14-15-10/h3-6H,1-2H3,(H2,12,13,14). The average molecular weight is 232 g/mol. The molecule has 2 N–H and O–H groups in total. The zero-order valence-corrected chi connectivity index (χ0v) is 9.54. The van der Waals surface area contributed by atoms with Crippen LogP contribution in [0.4, 0.5) is 5.82 Å². The van der Waals surface area contributed by atoms with Gasteiger partial charge in [-0.2, -0.15) is 0 Å². The first-order chi connectivity index (χ1) is 8.26. The highest BCUT2D eigenvalue weighted by Crippen LogP contribution is 2.33. The molecular weight excluding hydrogens is 220 g/mol. The van der Waals surface area contributed by atoms with Crippen molar-refractivity contribution in [1.82, 2.24) is 15.2 Å². The quantitative estimate of drug-likeness (QED) is 0.854. The maximum absolute atomic E-state index is 5.75. The lowest BCUT2D eigenvalue weighted by Gasteiger charge is -2.10. The Morgan fingerprint density at radius 3 is 2.65 bits per heavy atom. The highest BCUT2D eigenvalue weighted by atomic mass is 16.5. The van der Waals surface area contributed by atoms with Crippen LogP contribution in [0.25, 0.3) is 11.3 Å². The number of ether oxygens (including phenoxy) is 2. The summed E-state index contributed by atoms with van der Waals surface area (Å²) < 4.78 is 10.4. The molecule has 0 fully saturated rings. The molecule has 88 valence electrons. The molecule has 0 bridgehead atoms. The molecule has 0 unspecified atom stereocenters. The number of nitrogen functional groups attached to an aromatic ring is 1. The van der Waals surface area contributed by atoms with E-state index in [-0.39, 0.29) is 0 Å². The van der Waals surface area contributed by atoms with Crippen molar-refractivity contribution >= 4 is 5.82 Å². The van der Waals surface area contributed by atoms with E-state index in [1.165, 1.54) is 6.33 Å². The lowest BCUT2D eigenvalue weighted by molar-refractivity contribution is 0.395. The summed E-state index contributed by atoms with van der Waals surface area (Å²) in [6.45, 7) is 0. The van der Waals surface area contributed by atoms with Crippen LogP contribution in [0.3, 0.4) is 0 Å². The van der Waals surface area contributed by atoms with Crippen LogP contribution in [0.5, 0.6) is 11.5 Å². The van der Waals surface area contributed by atoms with E-state index >= 15 is 0 Å². The second kappa shape index (κ2) is 4.65. The number of benzene rings is 1. The Morgan fingerprint density at radius 2 is 2.00 bits per heavy atom. The maximum Gasteiger partial charge on any atom is 0.153 e. The number of methoxy groups -OCH3 is 2. The van der Waals surface area contributed by atoms with Crippen molar-refractivity contribution in [2.75, 3.05) is 20.0 Å². The fraction of sp³-hybridized carbons (Fsp3) is 0.182. The molecule has 0 aliphatic heterocycles. The van der Waals surface area contributed by atoms with Gasteiger partial charge in [-0.05, 0) is 12.1 Å². The smallest absolute Gasteiger partial charge is 0.153 e. The zero-order valence-electron chi connectivity index (χ0n) is 9.54. The third-order valence-corrected chi connectivity index (χ3v) is 2.31. The number of nitrogens with zero attached hydrogens (tertiary/aromatic N) is 3. The van der Waals surface area contributed by atoms with Crippen molar-refractivity contribution in [1.29, 1.82) is 0 Å². The molecule has 6 nitrogen and oxygen atoms in total. The third kappa shape index (κ3) is 2.10. The molecule has 6 heteroatoms. The molecule has 0 spiro atoms. The molecule has 0 aliphatic carbocycles. The molecule has 0 atom stereocenters. The van der Waals surface area contributed by atoms with Crippen molar-refractivity contribution in [2.45, 2.75) is 0 Å². The molecule has 1 heterocycles. The lowest BCUT2D eigenvalue weighted by atomic mass is 10.1. The minimum atomic E-state index is 0.309. The fourth-order valence-electron chi connectivity index (χ4n) is 1.47. The summed E-state index contributed by atoms with van der Waals surface area (Å²) >= 11 is 0. The van der Waals surface area contributed by atoms with E-state index in [4.69, 9.17) is 15.2 Å². The maximum atomic E-state index is 5.75. The van der Waals surface area contributed by atoms with E-state index in [1.807, 2.05) is 0 Å². The Balaban J connectivity index is 2.56. The van der Waals surface area contributed by atoms with Crippen molar-refractivity contribution < 1.29 is 9.47 Å². The van der Waals surface area contributed by atoms with Crippen molar-refractivity contribution in [3.8, 4) is 22.8 Å². The summed E-state index contributed by atoms with van der Waals surface area (Å²) in [6.07, 6.45) is 1.30. The number of rotatable bonds is 3. The van der Waals surface area contributed by atoms with E-state index in [0.717, 1.165) is 5.56 Å². The molecule has 0 amide bonds. The predicted octanol–water partition coefficient (Wildman–Crippen LogP) is 1.14. The SMILES string of the molecule is COc1ccc(-c2nncnc2N)c(OC)c1. The number of hydrogen-bond donors (Lipinski definition) is 1. The largest absolute Gasteiger partial charge is 0.497 e.